The number of nitro groups is 1. The van der Waals surface area contributed by atoms with E-state index in [1.807, 2.05) is 0 Å². The van der Waals surface area contributed by atoms with Crippen molar-refractivity contribution in [2.45, 2.75) is 12.0 Å². The van der Waals surface area contributed by atoms with Crippen LogP contribution in [0.15, 0.2) is 66.0 Å². The lowest BCUT2D eigenvalue weighted by Gasteiger charge is -2.33. The third-order valence-electron chi connectivity index (χ3n) is 5.04. The summed E-state index contributed by atoms with van der Waals surface area (Å²) in [6.07, 6.45) is 0. The van der Waals surface area contributed by atoms with E-state index in [1.165, 1.54) is 4.90 Å². The summed E-state index contributed by atoms with van der Waals surface area (Å²) in [7, 11) is 0. The summed E-state index contributed by atoms with van der Waals surface area (Å²) < 4.78 is 0. The Morgan fingerprint density at radius 2 is 1.82 bits per heavy atom. The number of Topliss-reactive ketones (excluding diaryl/α,β-unsaturated/α-hetero) is 1. The predicted octanol–water partition coefficient (Wildman–Crippen LogP) is 2.61. The first-order valence-corrected chi connectivity index (χ1v) is 9.15. The summed E-state index contributed by atoms with van der Waals surface area (Å²) in [5, 5.41) is 15.4. The highest BCUT2D eigenvalue weighted by Gasteiger charge is 2.53. The van der Waals surface area contributed by atoms with Gasteiger partial charge in [-0.15, -0.1) is 0 Å². The van der Waals surface area contributed by atoms with Crippen molar-refractivity contribution in [1.82, 2.24) is 10.2 Å². The number of benzene rings is 2. The zero-order valence-electron chi connectivity index (χ0n) is 14.7. The first-order chi connectivity index (χ1) is 13.5. The largest absolute Gasteiger partial charge is 0.369 e. The Morgan fingerprint density at radius 1 is 1.14 bits per heavy atom. The monoisotopic (exact) mass is 397 g/mol. The smallest absolute Gasteiger partial charge is 0.304 e. The van der Waals surface area contributed by atoms with Crippen molar-refractivity contribution in [1.29, 1.82) is 0 Å². The molecule has 2 aromatic carbocycles. The fourth-order valence-corrected chi connectivity index (χ4v) is 3.91. The van der Waals surface area contributed by atoms with Gasteiger partial charge in [0.15, 0.2) is 5.78 Å². The molecule has 0 radical (unpaired) electrons. The van der Waals surface area contributed by atoms with Gasteiger partial charge in [0, 0.05) is 28.6 Å². The van der Waals surface area contributed by atoms with Crippen molar-refractivity contribution in [2.24, 2.45) is 0 Å². The third kappa shape index (κ3) is 2.93. The van der Waals surface area contributed by atoms with E-state index >= 15 is 0 Å². The third-order valence-corrected chi connectivity index (χ3v) is 5.29. The summed E-state index contributed by atoms with van der Waals surface area (Å²) in [5.41, 5.74) is 1.14. The molecule has 1 saturated heterocycles. The molecule has 0 spiro atoms. The number of fused-ring (bicyclic) bond motifs is 1. The second kappa shape index (κ2) is 7.09. The van der Waals surface area contributed by atoms with Crippen LogP contribution >= 0.6 is 11.6 Å². The summed E-state index contributed by atoms with van der Waals surface area (Å²) in [6.45, 7) is 0.724. The van der Waals surface area contributed by atoms with Gasteiger partial charge in [-0.05, 0) is 29.8 Å². The van der Waals surface area contributed by atoms with Gasteiger partial charge in [0.05, 0.1) is 11.5 Å². The molecule has 0 bridgehead atoms. The zero-order chi connectivity index (χ0) is 19.8. The molecule has 2 unspecified atom stereocenters. The molecule has 1 N–H and O–H groups in total. The number of hydrogen-bond acceptors (Lipinski definition) is 5. The lowest BCUT2D eigenvalue weighted by atomic mass is 9.78. The molecule has 2 heterocycles. The molecule has 28 heavy (non-hydrogen) atoms. The summed E-state index contributed by atoms with van der Waals surface area (Å²) in [6, 6.07) is 13.5. The molecule has 2 atom stereocenters. The number of ketones is 1. The van der Waals surface area contributed by atoms with Crippen molar-refractivity contribution >= 4 is 23.3 Å². The lowest BCUT2D eigenvalue weighted by Crippen LogP contribution is -2.51. The maximum atomic E-state index is 13.4. The first-order valence-electron chi connectivity index (χ1n) is 8.77. The number of hydrogen-bond donors (Lipinski definition) is 1. The van der Waals surface area contributed by atoms with Gasteiger partial charge >= 0.3 is 11.9 Å². The molecule has 0 aliphatic carbocycles. The van der Waals surface area contributed by atoms with Gasteiger partial charge in [0.1, 0.15) is 5.82 Å². The van der Waals surface area contributed by atoms with Crippen molar-refractivity contribution in [3.8, 4) is 0 Å². The highest BCUT2D eigenvalue weighted by atomic mass is 35.5. The van der Waals surface area contributed by atoms with Crippen LogP contribution in [-0.2, 0) is 4.79 Å². The Balaban J connectivity index is 1.93. The maximum Gasteiger partial charge on any atom is 0.304 e. The molecule has 2 aromatic rings. The molecular formula is C20H16ClN3O4. The Bertz CT molecular complexity index is 988. The van der Waals surface area contributed by atoms with Crippen LogP contribution in [0, 0.1) is 10.1 Å². The molecule has 2 aliphatic heterocycles. The Morgan fingerprint density at radius 3 is 2.46 bits per heavy atom. The molecule has 0 saturated carbocycles. The predicted molar refractivity (Wildman–Crippen MR) is 102 cm³/mol. The Hall–Kier alpha value is -3.19. The fourth-order valence-electron chi connectivity index (χ4n) is 3.79. The number of nitrogens with zero attached hydrogens (tertiary/aromatic N) is 2. The molecule has 2 aliphatic rings. The van der Waals surface area contributed by atoms with Crippen LogP contribution in [-0.4, -0.2) is 40.6 Å². The first kappa shape index (κ1) is 18.2. The van der Waals surface area contributed by atoms with Crippen molar-refractivity contribution in [3.63, 3.8) is 0 Å². The molecule has 8 heteroatoms. The van der Waals surface area contributed by atoms with Gasteiger partial charge in [-0.2, -0.15) is 0 Å². The minimum Gasteiger partial charge on any atom is -0.369 e. The summed E-state index contributed by atoms with van der Waals surface area (Å²) in [4.78, 5) is 38.9. The minimum absolute atomic E-state index is 0.229. The molecule has 142 valence electrons. The standard InChI is InChI=1S/C20H16ClN3O4/c21-14-8-6-13(7-9-14)18(25)16-15(12-4-2-1-3-5-12)17(24(27)28)20(26)23-11-10-22-19(16)23/h1-9,15,17,22H,10-11H2. The van der Waals surface area contributed by atoms with Crippen molar-refractivity contribution in [2.75, 3.05) is 13.1 Å². The van der Waals surface area contributed by atoms with Gasteiger partial charge in [-0.1, -0.05) is 41.9 Å². The van der Waals surface area contributed by atoms with E-state index in [0.717, 1.165) is 0 Å². The van der Waals surface area contributed by atoms with Gasteiger partial charge in [-0.25, -0.2) is 0 Å². The second-order valence-electron chi connectivity index (χ2n) is 6.63. The van der Waals surface area contributed by atoms with Crippen LogP contribution in [0.5, 0.6) is 0 Å². The zero-order valence-corrected chi connectivity index (χ0v) is 15.4. The fraction of sp³-hybridized carbons (Fsp3) is 0.200. The normalized spacial score (nSPS) is 21.3. The average Bonchev–Trinajstić information content (AvgIpc) is 3.18. The molecule has 4 rings (SSSR count). The van der Waals surface area contributed by atoms with E-state index in [1.54, 1.807) is 54.6 Å². The van der Waals surface area contributed by atoms with Gasteiger partial charge in [0.25, 0.3) is 0 Å². The molecule has 7 nitrogen and oxygen atoms in total. The van der Waals surface area contributed by atoms with E-state index in [4.69, 9.17) is 11.6 Å². The highest BCUT2D eigenvalue weighted by molar-refractivity contribution is 6.30. The van der Waals surface area contributed by atoms with Crippen LogP contribution in [0.2, 0.25) is 5.02 Å². The molecule has 1 fully saturated rings. The number of carbonyl (C=O) groups is 2. The van der Waals surface area contributed by atoms with E-state index in [9.17, 15) is 19.7 Å². The van der Waals surface area contributed by atoms with Crippen LogP contribution in [0.25, 0.3) is 0 Å². The van der Waals surface area contributed by atoms with Gasteiger partial charge in [-0.3, -0.25) is 24.6 Å². The van der Waals surface area contributed by atoms with E-state index < -0.39 is 22.8 Å². The molecule has 1 amide bonds. The van der Waals surface area contributed by atoms with Crippen LogP contribution in [0.1, 0.15) is 21.8 Å². The Kier molecular flexibility index (Phi) is 4.60. The Labute approximate surface area is 165 Å². The number of halogens is 1. The summed E-state index contributed by atoms with van der Waals surface area (Å²) in [5.74, 6) is -1.59. The number of amides is 1. The summed E-state index contributed by atoms with van der Waals surface area (Å²) >= 11 is 5.92. The minimum atomic E-state index is -1.56. The van der Waals surface area contributed by atoms with Crippen molar-refractivity contribution in [3.05, 3.63) is 92.3 Å². The van der Waals surface area contributed by atoms with Crippen LogP contribution < -0.4 is 5.32 Å². The van der Waals surface area contributed by atoms with Gasteiger partial charge in [0.2, 0.25) is 0 Å². The maximum absolute atomic E-state index is 13.4. The lowest BCUT2D eigenvalue weighted by molar-refractivity contribution is -0.512. The SMILES string of the molecule is O=C(C1=C2NCCN2C(=O)C([N+](=O)[O-])C1c1ccccc1)c1ccc(Cl)cc1. The van der Waals surface area contributed by atoms with E-state index in [0.29, 0.717) is 28.5 Å². The number of rotatable bonds is 4. The van der Waals surface area contributed by atoms with Crippen LogP contribution in [0.3, 0.4) is 0 Å². The quantitative estimate of drug-likeness (QED) is 0.486. The number of nitrogens with one attached hydrogen (secondary N) is 1. The van der Waals surface area contributed by atoms with Crippen molar-refractivity contribution < 1.29 is 14.5 Å². The average molecular weight is 398 g/mol. The highest BCUT2D eigenvalue weighted by Crippen LogP contribution is 2.39. The van der Waals surface area contributed by atoms with E-state index in [2.05, 4.69) is 5.32 Å². The second-order valence-corrected chi connectivity index (χ2v) is 7.07. The topological polar surface area (TPSA) is 92.6 Å². The van der Waals surface area contributed by atoms with Crippen LogP contribution in [0.4, 0.5) is 0 Å². The molecular weight excluding hydrogens is 382 g/mol. The van der Waals surface area contributed by atoms with E-state index in [-0.39, 0.29) is 17.9 Å². The number of carbonyl (C=O) groups excluding carboxylic acids is 2. The molecule has 0 aromatic heterocycles. The van der Waals surface area contributed by atoms with Gasteiger partial charge < -0.3 is 5.32 Å².